The molecule has 5 nitrogen and oxygen atoms in total. The van der Waals surface area contributed by atoms with E-state index in [9.17, 15) is 9.59 Å². The first-order chi connectivity index (χ1) is 13.6. The van der Waals surface area contributed by atoms with Gasteiger partial charge in [0.1, 0.15) is 11.5 Å². The third kappa shape index (κ3) is 4.60. The highest BCUT2D eigenvalue weighted by molar-refractivity contribution is 5.98. The number of amides is 1. The minimum absolute atomic E-state index is 0.0405. The molecule has 1 aliphatic rings. The van der Waals surface area contributed by atoms with Crippen molar-refractivity contribution in [3.63, 3.8) is 0 Å². The van der Waals surface area contributed by atoms with Crippen LogP contribution in [0.1, 0.15) is 28.8 Å². The molecule has 1 fully saturated rings. The summed E-state index contributed by atoms with van der Waals surface area (Å²) in [5.41, 5.74) is 1.56. The van der Waals surface area contributed by atoms with E-state index >= 15 is 0 Å². The molecule has 1 amide bonds. The Labute approximate surface area is 165 Å². The Morgan fingerprint density at radius 1 is 0.964 bits per heavy atom. The third-order valence-corrected chi connectivity index (χ3v) is 5.10. The topological polar surface area (TPSA) is 55.8 Å². The maximum Gasteiger partial charge on any atom is 0.246 e. The molecule has 5 heteroatoms. The fourth-order valence-electron chi connectivity index (χ4n) is 3.42. The van der Waals surface area contributed by atoms with Gasteiger partial charge in [0.15, 0.2) is 5.78 Å². The number of piperidine rings is 1. The van der Waals surface area contributed by atoms with E-state index in [2.05, 4.69) is 0 Å². The number of benzene rings is 2. The van der Waals surface area contributed by atoms with E-state index in [1.165, 1.54) is 0 Å². The zero-order valence-electron chi connectivity index (χ0n) is 16.3. The van der Waals surface area contributed by atoms with Gasteiger partial charge in [-0.25, -0.2) is 0 Å². The van der Waals surface area contributed by atoms with E-state index in [1.54, 1.807) is 55.5 Å². The summed E-state index contributed by atoms with van der Waals surface area (Å²) in [6, 6.07) is 14.8. The molecule has 0 atom stereocenters. The van der Waals surface area contributed by atoms with Crippen molar-refractivity contribution >= 4 is 17.8 Å². The van der Waals surface area contributed by atoms with Gasteiger partial charge in [0.2, 0.25) is 5.91 Å². The van der Waals surface area contributed by atoms with Gasteiger partial charge >= 0.3 is 0 Å². The highest BCUT2D eigenvalue weighted by Gasteiger charge is 2.27. The number of Topliss-reactive ketones (excluding diaryl/α,β-unsaturated/α-hetero) is 1. The molecule has 0 bridgehead atoms. The number of hydrogen-bond donors (Lipinski definition) is 0. The molecule has 0 radical (unpaired) electrons. The molecule has 0 spiro atoms. The second-order valence-electron chi connectivity index (χ2n) is 6.77. The second kappa shape index (κ2) is 9.22. The fraction of sp³-hybridized carbons (Fsp3) is 0.304. The predicted molar refractivity (Wildman–Crippen MR) is 109 cm³/mol. The number of likely N-dealkylation sites (tertiary alicyclic amines) is 1. The van der Waals surface area contributed by atoms with Crippen molar-refractivity contribution in [2.45, 2.75) is 12.8 Å². The Morgan fingerprint density at radius 2 is 1.64 bits per heavy atom. The lowest BCUT2D eigenvalue weighted by molar-refractivity contribution is -0.127. The van der Waals surface area contributed by atoms with Crippen molar-refractivity contribution in [3.8, 4) is 11.5 Å². The first-order valence-electron chi connectivity index (χ1n) is 9.40. The normalized spacial score (nSPS) is 14.9. The molecule has 0 saturated carbocycles. The van der Waals surface area contributed by atoms with Gasteiger partial charge in [0.25, 0.3) is 0 Å². The Kier molecular flexibility index (Phi) is 6.48. The SMILES string of the molecule is COc1ccc(C(=O)C2CCN(C(=O)/C=C/c3ccccc3OC)CC2)cc1. The van der Waals surface area contributed by atoms with Crippen LogP contribution in [0.15, 0.2) is 54.6 Å². The number of hydrogen-bond acceptors (Lipinski definition) is 4. The number of ether oxygens (including phenoxy) is 2. The van der Waals surface area contributed by atoms with Crippen LogP contribution in [0.4, 0.5) is 0 Å². The molecule has 1 aliphatic heterocycles. The van der Waals surface area contributed by atoms with Gasteiger partial charge in [0.05, 0.1) is 14.2 Å². The molecule has 0 aliphatic carbocycles. The van der Waals surface area contributed by atoms with Gasteiger partial charge in [0, 0.05) is 36.2 Å². The van der Waals surface area contributed by atoms with Crippen molar-refractivity contribution in [1.82, 2.24) is 4.90 Å². The monoisotopic (exact) mass is 379 g/mol. The number of para-hydroxylation sites is 1. The van der Waals surface area contributed by atoms with Gasteiger partial charge in [-0.2, -0.15) is 0 Å². The molecule has 0 aromatic heterocycles. The molecule has 1 saturated heterocycles. The fourth-order valence-corrected chi connectivity index (χ4v) is 3.42. The van der Waals surface area contributed by atoms with Crippen LogP contribution in [0, 0.1) is 5.92 Å². The second-order valence-corrected chi connectivity index (χ2v) is 6.77. The van der Waals surface area contributed by atoms with Crippen molar-refractivity contribution in [2.24, 2.45) is 5.92 Å². The molecule has 146 valence electrons. The van der Waals surface area contributed by atoms with E-state index in [0.717, 1.165) is 17.1 Å². The van der Waals surface area contributed by atoms with Crippen LogP contribution >= 0.6 is 0 Å². The number of rotatable bonds is 6. The summed E-state index contributed by atoms with van der Waals surface area (Å²) in [5.74, 6) is 1.52. The highest BCUT2D eigenvalue weighted by atomic mass is 16.5. The van der Waals surface area contributed by atoms with Gasteiger partial charge < -0.3 is 14.4 Å². The largest absolute Gasteiger partial charge is 0.497 e. The first kappa shape index (κ1) is 19.7. The number of carbonyl (C=O) groups is 2. The van der Waals surface area contributed by atoms with Crippen LogP contribution in [-0.2, 0) is 4.79 Å². The van der Waals surface area contributed by atoms with Crippen LogP contribution in [0.25, 0.3) is 6.08 Å². The molecule has 1 heterocycles. The van der Waals surface area contributed by atoms with Crippen LogP contribution in [0.2, 0.25) is 0 Å². The molecule has 3 rings (SSSR count). The number of carbonyl (C=O) groups excluding carboxylic acids is 2. The summed E-state index contributed by atoms with van der Waals surface area (Å²) in [7, 11) is 3.21. The molecule has 0 N–H and O–H groups in total. The quantitative estimate of drug-likeness (QED) is 0.565. The zero-order valence-corrected chi connectivity index (χ0v) is 16.3. The van der Waals surface area contributed by atoms with Crippen molar-refractivity contribution < 1.29 is 19.1 Å². The van der Waals surface area contributed by atoms with Gasteiger partial charge in [-0.05, 0) is 49.2 Å². The van der Waals surface area contributed by atoms with Gasteiger partial charge in [-0.3, -0.25) is 9.59 Å². The molecule has 28 heavy (non-hydrogen) atoms. The number of nitrogens with zero attached hydrogens (tertiary/aromatic N) is 1. The minimum atomic E-state index is -0.0457. The van der Waals surface area contributed by atoms with Crippen molar-refractivity contribution in [3.05, 3.63) is 65.7 Å². The Morgan fingerprint density at radius 3 is 2.29 bits per heavy atom. The van der Waals surface area contributed by atoms with Crippen LogP contribution in [0.5, 0.6) is 11.5 Å². The maximum absolute atomic E-state index is 12.7. The van der Waals surface area contributed by atoms with Crippen LogP contribution in [0.3, 0.4) is 0 Å². The lowest BCUT2D eigenvalue weighted by atomic mass is 9.89. The van der Waals surface area contributed by atoms with E-state index in [0.29, 0.717) is 31.5 Å². The number of methoxy groups -OCH3 is 2. The smallest absolute Gasteiger partial charge is 0.246 e. The van der Waals surface area contributed by atoms with Gasteiger partial charge in [-0.1, -0.05) is 18.2 Å². The lowest BCUT2D eigenvalue weighted by Crippen LogP contribution is -2.39. The first-order valence-corrected chi connectivity index (χ1v) is 9.40. The maximum atomic E-state index is 12.7. The summed E-state index contributed by atoms with van der Waals surface area (Å²) in [4.78, 5) is 27.0. The number of ketones is 1. The van der Waals surface area contributed by atoms with Crippen molar-refractivity contribution in [1.29, 1.82) is 0 Å². The summed E-state index contributed by atoms with van der Waals surface area (Å²) >= 11 is 0. The summed E-state index contributed by atoms with van der Waals surface area (Å²) < 4.78 is 10.4. The average Bonchev–Trinajstić information content (AvgIpc) is 2.77. The molecule has 2 aromatic rings. The van der Waals surface area contributed by atoms with E-state index in [-0.39, 0.29) is 17.6 Å². The third-order valence-electron chi connectivity index (χ3n) is 5.10. The Balaban J connectivity index is 1.56. The van der Waals surface area contributed by atoms with Crippen LogP contribution < -0.4 is 9.47 Å². The predicted octanol–water partition coefficient (Wildman–Crippen LogP) is 3.84. The molecular weight excluding hydrogens is 354 g/mol. The standard InChI is InChI=1S/C23H25NO4/c1-27-20-10-7-18(8-11-20)23(26)19-13-15-24(16-14-19)22(25)12-9-17-5-3-4-6-21(17)28-2/h3-12,19H,13-16H2,1-2H3/b12-9+. The summed E-state index contributed by atoms with van der Waals surface area (Å²) in [6.07, 6.45) is 4.71. The zero-order chi connectivity index (χ0) is 19.9. The molecular formula is C23H25NO4. The van der Waals surface area contributed by atoms with E-state index in [4.69, 9.17) is 9.47 Å². The van der Waals surface area contributed by atoms with Gasteiger partial charge in [-0.15, -0.1) is 0 Å². The lowest BCUT2D eigenvalue weighted by Gasteiger charge is -2.30. The molecule has 2 aromatic carbocycles. The van der Waals surface area contributed by atoms with Crippen LogP contribution in [-0.4, -0.2) is 43.9 Å². The summed E-state index contributed by atoms with van der Waals surface area (Å²) in [5, 5.41) is 0. The Hall–Kier alpha value is -3.08. The molecule has 0 unspecified atom stereocenters. The van der Waals surface area contributed by atoms with E-state index in [1.807, 2.05) is 24.3 Å². The highest BCUT2D eigenvalue weighted by Crippen LogP contribution is 2.24. The van der Waals surface area contributed by atoms with Crippen molar-refractivity contribution in [2.75, 3.05) is 27.3 Å². The minimum Gasteiger partial charge on any atom is -0.497 e. The van der Waals surface area contributed by atoms with E-state index < -0.39 is 0 Å². The summed E-state index contributed by atoms with van der Waals surface area (Å²) in [6.45, 7) is 1.17. The Bertz CT molecular complexity index is 849. The average molecular weight is 379 g/mol.